The fourth-order valence-electron chi connectivity index (χ4n) is 3.06. The number of hydrogen-bond donors (Lipinski definition) is 2. The smallest absolute Gasteiger partial charge is 0.240 e. The van der Waals surface area contributed by atoms with Gasteiger partial charge in [-0.1, -0.05) is 26.2 Å². The fourth-order valence-corrected chi connectivity index (χ4v) is 4.62. The lowest BCUT2D eigenvalue weighted by Crippen LogP contribution is -2.58. The summed E-state index contributed by atoms with van der Waals surface area (Å²) in [7, 11) is 3.61. The van der Waals surface area contributed by atoms with Crippen molar-refractivity contribution in [2.45, 2.75) is 55.3 Å². The van der Waals surface area contributed by atoms with Crippen LogP contribution in [0.1, 0.15) is 39.0 Å². The van der Waals surface area contributed by atoms with Crippen molar-refractivity contribution in [3.05, 3.63) is 0 Å². The zero-order valence-corrected chi connectivity index (χ0v) is 12.4. The SMILES string of the molecule is CC1SC(N)(C2CCCCC2)NC1C(=O)N(C)C. The lowest BCUT2D eigenvalue weighted by Gasteiger charge is -2.36. The molecule has 0 radical (unpaired) electrons. The average Bonchev–Trinajstić information content (AvgIpc) is 2.66. The van der Waals surface area contributed by atoms with Gasteiger partial charge < -0.3 is 10.6 Å². The minimum Gasteiger partial charge on any atom is -0.347 e. The van der Waals surface area contributed by atoms with E-state index < -0.39 is 4.99 Å². The predicted octanol–water partition coefficient (Wildman–Crippen LogP) is 1.36. The summed E-state index contributed by atoms with van der Waals surface area (Å²) in [4.78, 5) is 13.4. The fraction of sp³-hybridized carbons (Fsp3) is 0.923. The first-order valence-corrected chi connectivity index (χ1v) is 7.77. The molecule has 2 rings (SSSR count). The molecule has 18 heavy (non-hydrogen) atoms. The zero-order chi connectivity index (χ0) is 13.3. The van der Waals surface area contributed by atoms with Crippen LogP contribution >= 0.6 is 11.8 Å². The van der Waals surface area contributed by atoms with Gasteiger partial charge in [0.15, 0.2) is 0 Å². The molecule has 1 heterocycles. The molecule has 1 amide bonds. The Morgan fingerprint density at radius 1 is 1.33 bits per heavy atom. The van der Waals surface area contributed by atoms with Gasteiger partial charge in [-0.2, -0.15) is 0 Å². The number of carbonyl (C=O) groups excluding carboxylic acids is 1. The van der Waals surface area contributed by atoms with E-state index in [1.807, 2.05) is 0 Å². The molecule has 3 atom stereocenters. The largest absolute Gasteiger partial charge is 0.347 e. The van der Waals surface area contributed by atoms with Crippen LogP contribution in [0.15, 0.2) is 0 Å². The molecule has 1 saturated heterocycles. The Morgan fingerprint density at radius 2 is 1.94 bits per heavy atom. The first-order chi connectivity index (χ1) is 8.44. The Balaban J connectivity index is 2.06. The Labute approximate surface area is 114 Å². The second-order valence-electron chi connectivity index (χ2n) is 5.81. The normalized spacial score (nSPS) is 37.8. The highest BCUT2D eigenvalue weighted by molar-refractivity contribution is 8.01. The summed E-state index contributed by atoms with van der Waals surface area (Å²) in [5.41, 5.74) is 6.53. The monoisotopic (exact) mass is 271 g/mol. The van der Waals surface area contributed by atoms with Gasteiger partial charge >= 0.3 is 0 Å². The third-order valence-electron chi connectivity index (χ3n) is 4.15. The van der Waals surface area contributed by atoms with Crippen molar-refractivity contribution < 1.29 is 4.79 Å². The number of hydrogen-bond acceptors (Lipinski definition) is 4. The number of nitrogens with one attached hydrogen (secondary N) is 1. The molecule has 4 nitrogen and oxygen atoms in total. The summed E-state index contributed by atoms with van der Waals surface area (Å²) in [5.74, 6) is 0.636. The maximum Gasteiger partial charge on any atom is 0.240 e. The number of rotatable bonds is 2. The van der Waals surface area contributed by atoms with E-state index >= 15 is 0 Å². The van der Waals surface area contributed by atoms with Crippen LogP contribution in [0.4, 0.5) is 0 Å². The first-order valence-electron chi connectivity index (χ1n) is 6.89. The number of thioether (sulfide) groups is 1. The van der Waals surface area contributed by atoms with E-state index in [4.69, 9.17) is 5.73 Å². The lowest BCUT2D eigenvalue weighted by atomic mass is 9.86. The quantitative estimate of drug-likeness (QED) is 0.796. The van der Waals surface area contributed by atoms with Gasteiger partial charge in [-0.15, -0.1) is 11.8 Å². The average molecular weight is 271 g/mol. The van der Waals surface area contributed by atoms with E-state index in [-0.39, 0.29) is 17.2 Å². The highest BCUT2D eigenvalue weighted by atomic mass is 32.2. The van der Waals surface area contributed by atoms with E-state index in [9.17, 15) is 4.79 Å². The van der Waals surface area contributed by atoms with E-state index in [1.54, 1.807) is 30.8 Å². The van der Waals surface area contributed by atoms with Gasteiger partial charge in [0.25, 0.3) is 0 Å². The molecule has 0 bridgehead atoms. The molecule has 2 fully saturated rings. The summed E-state index contributed by atoms with van der Waals surface area (Å²) < 4.78 is 0. The molecule has 2 aliphatic rings. The maximum absolute atomic E-state index is 12.1. The van der Waals surface area contributed by atoms with Crippen LogP contribution in [0.3, 0.4) is 0 Å². The van der Waals surface area contributed by atoms with Crippen LogP contribution in [0.25, 0.3) is 0 Å². The highest BCUT2D eigenvalue weighted by Crippen LogP contribution is 2.43. The molecule has 1 saturated carbocycles. The summed E-state index contributed by atoms with van der Waals surface area (Å²) in [6.07, 6.45) is 6.24. The van der Waals surface area contributed by atoms with Gasteiger partial charge in [-0.05, 0) is 18.8 Å². The number of likely N-dealkylation sites (N-methyl/N-ethyl adjacent to an activating group) is 1. The summed E-state index contributed by atoms with van der Waals surface area (Å²) in [6, 6.07) is -0.142. The zero-order valence-electron chi connectivity index (χ0n) is 11.6. The molecule has 5 heteroatoms. The minimum atomic E-state index is -0.407. The third-order valence-corrected chi connectivity index (χ3v) is 5.64. The van der Waals surface area contributed by atoms with Crippen molar-refractivity contribution >= 4 is 17.7 Å². The van der Waals surface area contributed by atoms with Gasteiger partial charge in [-0.3, -0.25) is 10.1 Å². The van der Waals surface area contributed by atoms with Crippen molar-refractivity contribution in [2.24, 2.45) is 11.7 Å². The van der Waals surface area contributed by atoms with Crippen molar-refractivity contribution in [1.82, 2.24) is 10.2 Å². The van der Waals surface area contributed by atoms with Crippen LogP contribution < -0.4 is 11.1 Å². The van der Waals surface area contributed by atoms with Gasteiger partial charge in [0.2, 0.25) is 5.91 Å². The molecule has 3 unspecified atom stereocenters. The van der Waals surface area contributed by atoms with Crippen LogP contribution in [-0.4, -0.2) is 41.2 Å². The number of nitrogens with zero attached hydrogens (tertiary/aromatic N) is 1. The maximum atomic E-state index is 12.1. The van der Waals surface area contributed by atoms with Gasteiger partial charge in [-0.25, -0.2) is 0 Å². The Hall–Kier alpha value is -0.260. The molecule has 104 valence electrons. The molecule has 0 aromatic heterocycles. The van der Waals surface area contributed by atoms with Crippen molar-refractivity contribution in [3.63, 3.8) is 0 Å². The number of carbonyl (C=O) groups is 1. The van der Waals surface area contributed by atoms with Crippen LogP contribution in [0.2, 0.25) is 0 Å². The molecule has 1 aliphatic heterocycles. The van der Waals surface area contributed by atoms with Crippen LogP contribution in [-0.2, 0) is 4.79 Å². The Morgan fingerprint density at radius 3 is 2.50 bits per heavy atom. The number of amides is 1. The molecule has 0 aromatic carbocycles. The molecular weight excluding hydrogens is 246 g/mol. The third kappa shape index (κ3) is 2.68. The molecular formula is C13H25N3OS. The van der Waals surface area contributed by atoms with E-state index in [0.717, 1.165) is 0 Å². The van der Waals surface area contributed by atoms with Gasteiger partial charge in [0, 0.05) is 19.3 Å². The summed E-state index contributed by atoms with van der Waals surface area (Å²) >= 11 is 1.75. The second-order valence-corrected chi connectivity index (χ2v) is 7.46. The number of nitrogens with two attached hydrogens (primary N) is 1. The molecule has 1 aliphatic carbocycles. The molecule has 0 aromatic rings. The van der Waals surface area contributed by atoms with Gasteiger partial charge in [0.05, 0.1) is 0 Å². The minimum absolute atomic E-state index is 0.137. The standard InChI is InChI=1S/C13H25N3OS/c1-9-11(12(17)16(2)3)15-13(14,18-9)10-7-5-4-6-8-10/h9-11,15H,4-8,14H2,1-3H3. The second kappa shape index (κ2) is 5.39. The van der Waals surface area contributed by atoms with Crippen molar-refractivity contribution in [2.75, 3.05) is 14.1 Å². The predicted molar refractivity (Wildman–Crippen MR) is 76.2 cm³/mol. The van der Waals surface area contributed by atoms with E-state index in [2.05, 4.69) is 12.2 Å². The Bertz CT molecular complexity index is 317. The summed E-state index contributed by atoms with van der Waals surface area (Å²) in [6.45, 7) is 2.10. The van der Waals surface area contributed by atoms with E-state index in [1.165, 1.54) is 32.1 Å². The highest BCUT2D eigenvalue weighted by Gasteiger charge is 2.48. The topological polar surface area (TPSA) is 58.4 Å². The van der Waals surface area contributed by atoms with Crippen LogP contribution in [0, 0.1) is 5.92 Å². The molecule has 3 N–H and O–H groups in total. The van der Waals surface area contributed by atoms with Crippen molar-refractivity contribution in [3.8, 4) is 0 Å². The summed E-state index contributed by atoms with van der Waals surface area (Å²) in [5, 5.41) is 3.66. The first kappa shape index (κ1) is 14.2. The van der Waals surface area contributed by atoms with Gasteiger partial charge in [0.1, 0.15) is 11.0 Å². The van der Waals surface area contributed by atoms with Crippen molar-refractivity contribution in [1.29, 1.82) is 0 Å². The van der Waals surface area contributed by atoms with Crippen LogP contribution in [0.5, 0.6) is 0 Å². The molecule has 0 spiro atoms. The Kier molecular flexibility index (Phi) is 4.24. The lowest BCUT2D eigenvalue weighted by molar-refractivity contribution is -0.131. The van der Waals surface area contributed by atoms with E-state index in [0.29, 0.717) is 5.92 Å².